The smallest absolute Gasteiger partial charge is 0.244 e. The molecule has 0 radical (unpaired) electrons. The lowest BCUT2D eigenvalue weighted by molar-refractivity contribution is -0.133. The molecule has 2 aromatic heterocycles. The zero-order valence-corrected chi connectivity index (χ0v) is 12.6. The Balaban J connectivity index is 1.72. The van der Waals surface area contributed by atoms with Gasteiger partial charge in [0.25, 0.3) is 0 Å². The lowest BCUT2D eigenvalue weighted by atomic mass is 10.1. The molecule has 1 fully saturated rings. The highest BCUT2D eigenvalue weighted by Crippen LogP contribution is 2.32. The summed E-state index contributed by atoms with van der Waals surface area (Å²) in [5, 5.41) is 8.59. The Kier molecular flexibility index (Phi) is 3.96. The van der Waals surface area contributed by atoms with Crippen molar-refractivity contribution in [2.75, 3.05) is 6.54 Å². The van der Waals surface area contributed by atoms with E-state index in [0.29, 0.717) is 5.02 Å². The van der Waals surface area contributed by atoms with Gasteiger partial charge in [-0.1, -0.05) is 23.7 Å². The van der Waals surface area contributed by atoms with Gasteiger partial charge in [-0.3, -0.25) is 9.48 Å². The first-order valence-electron chi connectivity index (χ1n) is 7.10. The summed E-state index contributed by atoms with van der Waals surface area (Å²) >= 11 is 5.82. The average molecular weight is 309 g/mol. The molecule has 1 amide bonds. The standard InChI is InChI=1S/C14H17ClN4O2/c1-2-11-6-13(21-17-11)12-4-3-5-19(12)14(20)9-18-8-10(15)7-16-18/h6-8,12H,2-5,9H2,1H3/t12-/m1/s1. The van der Waals surface area contributed by atoms with Gasteiger partial charge in [0, 0.05) is 18.8 Å². The fourth-order valence-electron chi connectivity index (χ4n) is 2.67. The van der Waals surface area contributed by atoms with E-state index in [-0.39, 0.29) is 18.5 Å². The number of amides is 1. The van der Waals surface area contributed by atoms with Gasteiger partial charge >= 0.3 is 0 Å². The number of carbonyl (C=O) groups excluding carboxylic acids is 1. The van der Waals surface area contributed by atoms with Crippen molar-refractivity contribution in [1.82, 2.24) is 19.8 Å². The first-order valence-corrected chi connectivity index (χ1v) is 7.48. The van der Waals surface area contributed by atoms with Crippen molar-refractivity contribution in [2.45, 2.75) is 38.8 Å². The summed E-state index contributed by atoms with van der Waals surface area (Å²) in [7, 11) is 0. The average Bonchev–Trinajstić information content (AvgIpc) is 3.17. The molecule has 3 heterocycles. The maximum Gasteiger partial charge on any atom is 0.244 e. The highest BCUT2D eigenvalue weighted by molar-refractivity contribution is 6.30. The first kappa shape index (κ1) is 14.1. The monoisotopic (exact) mass is 308 g/mol. The summed E-state index contributed by atoms with van der Waals surface area (Å²) < 4.78 is 6.94. The zero-order chi connectivity index (χ0) is 14.8. The van der Waals surface area contributed by atoms with Crippen molar-refractivity contribution in [3.8, 4) is 0 Å². The Morgan fingerprint density at radius 3 is 3.10 bits per heavy atom. The van der Waals surface area contributed by atoms with Crippen LogP contribution in [0.25, 0.3) is 0 Å². The Morgan fingerprint density at radius 1 is 1.57 bits per heavy atom. The number of nitrogens with zero attached hydrogens (tertiary/aromatic N) is 4. The number of likely N-dealkylation sites (tertiary alicyclic amines) is 1. The van der Waals surface area contributed by atoms with Gasteiger partial charge in [0.2, 0.25) is 5.91 Å². The number of halogens is 1. The highest BCUT2D eigenvalue weighted by atomic mass is 35.5. The van der Waals surface area contributed by atoms with Crippen LogP contribution in [0.2, 0.25) is 5.02 Å². The predicted octanol–water partition coefficient (Wildman–Crippen LogP) is 2.45. The molecule has 6 nitrogen and oxygen atoms in total. The van der Waals surface area contributed by atoms with Gasteiger partial charge in [0.15, 0.2) is 5.76 Å². The van der Waals surface area contributed by atoms with Crippen LogP contribution < -0.4 is 0 Å². The van der Waals surface area contributed by atoms with Crippen LogP contribution in [-0.4, -0.2) is 32.3 Å². The molecule has 0 N–H and O–H groups in total. The van der Waals surface area contributed by atoms with Gasteiger partial charge in [-0.2, -0.15) is 5.10 Å². The van der Waals surface area contributed by atoms with Gasteiger partial charge in [0.1, 0.15) is 6.54 Å². The second kappa shape index (κ2) is 5.89. The molecule has 1 aliphatic heterocycles. The Bertz CT molecular complexity index is 636. The van der Waals surface area contributed by atoms with Crippen LogP contribution in [0.4, 0.5) is 0 Å². The number of rotatable bonds is 4. The topological polar surface area (TPSA) is 64.2 Å². The number of aromatic nitrogens is 3. The van der Waals surface area contributed by atoms with Crippen molar-refractivity contribution in [3.63, 3.8) is 0 Å². The highest BCUT2D eigenvalue weighted by Gasteiger charge is 2.32. The van der Waals surface area contributed by atoms with Gasteiger partial charge in [-0.15, -0.1) is 0 Å². The third-order valence-corrected chi connectivity index (χ3v) is 3.94. The van der Waals surface area contributed by atoms with Crippen molar-refractivity contribution in [2.24, 2.45) is 0 Å². The van der Waals surface area contributed by atoms with E-state index in [2.05, 4.69) is 10.3 Å². The minimum Gasteiger partial charge on any atom is -0.359 e. The van der Waals surface area contributed by atoms with Crippen molar-refractivity contribution >= 4 is 17.5 Å². The molecule has 0 aromatic carbocycles. The summed E-state index contributed by atoms with van der Waals surface area (Å²) in [5.74, 6) is 0.794. The number of hydrogen-bond acceptors (Lipinski definition) is 4. The molecule has 1 atom stereocenters. The van der Waals surface area contributed by atoms with Crippen molar-refractivity contribution in [3.05, 3.63) is 34.9 Å². The predicted molar refractivity (Wildman–Crippen MR) is 76.8 cm³/mol. The number of aryl methyl sites for hydroxylation is 1. The van der Waals surface area contributed by atoms with E-state index in [0.717, 1.165) is 37.3 Å². The summed E-state index contributed by atoms with van der Waals surface area (Å²) in [6, 6.07) is 1.93. The Morgan fingerprint density at radius 2 is 2.43 bits per heavy atom. The van der Waals surface area contributed by atoms with Gasteiger partial charge in [0.05, 0.1) is 23.0 Å². The minimum absolute atomic E-state index is 0.0173. The zero-order valence-electron chi connectivity index (χ0n) is 11.8. The quantitative estimate of drug-likeness (QED) is 0.870. The van der Waals surface area contributed by atoms with Crippen LogP contribution in [0, 0.1) is 0 Å². The SMILES string of the molecule is CCc1cc([C@H]2CCCN2C(=O)Cn2cc(Cl)cn2)on1. The van der Waals surface area contributed by atoms with E-state index in [4.69, 9.17) is 16.1 Å². The van der Waals surface area contributed by atoms with E-state index >= 15 is 0 Å². The molecule has 2 aromatic rings. The van der Waals surface area contributed by atoms with Gasteiger partial charge in [-0.05, 0) is 19.3 Å². The second-order valence-corrected chi connectivity index (χ2v) is 5.61. The van der Waals surface area contributed by atoms with E-state index in [1.807, 2.05) is 17.9 Å². The Labute approximate surface area is 127 Å². The first-order chi connectivity index (χ1) is 10.2. The molecule has 3 rings (SSSR count). The normalized spacial score (nSPS) is 18.4. The van der Waals surface area contributed by atoms with Crippen LogP contribution >= 0.6 is 11.6 Å². The van der Waals surface area contributed by atoms with Crippen LogP contribution in [0.1, 0.15) is 37.3 Å². The largest absolute Gasteiger partial charge is 0.359 e. The lowest BCUT2D eigenvalue weighted by Crippen LogP contribution is -2.33. The molecular formula is C14H17ClN4O2. The van der Waals surface area contributed by atoms with Crippen LogP contribution in [-0.2, 0) is 17.8 Å². The van der Waals surface area contributed by atoms with E-state index < -0.39 is 0 Å². The fourth-order valence-corrected chi connectivity index (χ4v) is 2.82. The molecule has 1 saturated heterocycles. The maximum atomic E-state index is 12.4. The molecule has 1 aliphatic rings. The minimum atomic E-state index is -0.0173. The molecule has 0 saturated carbocycles. The summed E-state index contributed by atoms with van der Waals surface area (Å²) in [6.45, 7) is 2.96. The third-order valence-electron chi connectivity index (χ3n) is 3.74. The van der Waals surface area contributed by atoms with E-state index in [1.165, 1.54) is 6.20 Å². The van der Waals surface area contributed by atoms with Crippen molar-refractivity contribution in [1.29, 1.82) is 0 Å². The number of carbonyl (C=O) groups is 1. The van der Waals surface area contributed by atoms with Gasteiger partial charge < -0.3 is 9.42 Å². The fraction of sp³-hybridized carbons (Fsp3) is 0.500. The van der Waals surface area contributed by atoms with Crippen LogP contribution in [0.5, 0.6) is 0 Å². The van der Waals surface area contributed by atoms with E-state index in [9.17, 15) is 4.79 Å². The summed E-state index contributed by atoms with van der Waals surface area (Å²) in [5.41, 5.74) is 0.920. The summed E-state index contributed by atoms with van der Waals surface area (Å²) in [4.78, 5) is 14.3. The molecule has 0 bridgehead atoms. The molecule has 0 unspecified atom stereocenters. The second-order valence-electron chi connectivity index (χ2n) is 5.18. The maximum absolute atomic E-state index is 12.4. The molecule has 112 valence electrons. The lowest BCUT2D eigenvalue weighted by Gasteiger charge is -2.22. The molecule has 7 heteroatoms. The summed E-state index contributed by atoms with van der Waals surface area (Å²) in [6.07, 6.45) is 5.88. The molecule has 21 heavy (non-hydrogen) atoms. The molecular weight excluding hydrogens is 292 g/mol. The van der Waals surface area contributed by atoms with Gasteiger partial charge in [-0.25, -0.2) is 0 Å². The third kappa shape index (κ3) is 2.95. The number of hydrogen-bond donors (Lipinski definition) is 0. The Hall–Kier alpha value is -1.82. The van der Waals surface area contributed by atoms with E-state index in [1.54, 1.807) is 10.9 Å². The van der Waals surface area contributed by atoms with Crippen LogP contribution in [0.15, 0.2) is 23.0 Å². The van der Waals surface area contributed by atoms with Crippen molar-refractivity contribution < 1.29 is 9.32 Å². The molecule has 0 spiro atoms. The molecule has 0 aliphatic carbocycles. The van der Waals surface area contributed by atoms with Crippen LogP contribution in [0.3, 0.4) is 0 Å².